The van der Waals surface area contributed by atoms with Crippen LogP contribution in [0, 0.1) is 0 Å². The van der Waals surface area contributed by atoms with Crippen LogP contribution in [0.2, 0.25) is 0 Å². The van der Waals surface area contributed by atoms with Gasteiger partial charge in [-0.25, -0.2) is 0 Å². The van der Waals surface area contributed by atoms with Crippen molar-refractivity contribution in [1.82, 2.24) is 27.4 Å². The maximum absolute atomic E-state index is 2.54. The van der Waals surface area contributed by atoms with Crippen molar-refractivity contribution < 1.29 is 0 Å². The molecule has 6 nitrogen and oxygen atoms in total. The van der Waals surface area contributed by atoms with Crippen molar-refractivity contribution in [2.75, 3.05) is 0 Å². The molecule has 1 aliphatic rings. The van der Waals surface area contributed by atoms with Crippen LogP contribution in [0.15, 0.2) is 497 Å². The topological polar surface area (TPSA) is 29.6 Å². The first kappa shape index (κ1) is 80.0. The lowest BCUT2D eigenvalue weighted by Crippen LogP contribution is -2.15. The molecule has 6 aromatic heterocycles. The molecule has 0 atom stereocenters. The summed E-state index contributed by atoms with van der Waals surface area (Å²) in [6, 6.07) is 182. The van der Waals surface area contributed by atoms with Gasteiger partial charge in [0.05, 0.1) is 66.2 Å². The van der Waals surface area contributed by atoms with Gasteiger partial charge in [0.1, 0.15) is 0 Å². The van der Waals surface area contributed by atoms with E-state index >= 15 is 0 Å². The van der Waals surface area contributed by atoms with E-state index in [0.29, 0.717) is 0 Å². The Morgan fingerprint density at radius 2 is 0.411 bits per heavy atom. The van der Waals surface area contributed by atoms with Crippen molar-refractivity contribution in [3.05, 3.63) is 509 Å². The van der Waals surface area contributed by atoms with E-state index in [1.165, 1.54) is 257 Å². The molecule has 31 rings (SSSR count). The minimum atomic E-state index is -0.0865. The van der Waals surface area contributed by atoms with E-state index in [1.54, 1.807) is 0 Å². The average molecular weight is 1790 g/mol. The van der Waals surface area contributed by atoms with Crippen LogP contribution in [0.4, 0.5) is 0 Å². The van der Waals surface area contributed by atoms with E-state index in [9.17, 15) is 0 Å². The van der Waals surface area contributed by atoms with Crippen LogP contribution in [-0.4, -0.2) is 27.4 Å². The zero-order chi connectivity index (χ0) is 92.8. The Labute approximate surface area is 812 Å². The van der Waals surface area contributed by atoms with Gasteiger partial charge >= 0.3 is 0 Å². The molecule has 0 saturated heterocycles. The number of nitrogens with zero attached hydrogens (tertiary/aromatic N) is 6. The molecule has 1 aliphatic carbocycles. The Bertz CT molecular complexity index is 10400. The monoisotopic (exact) mass is 1790 g/mol. The summed E-state index contributed by atoms with van der Waals surface area (Å²) in [6.07, 6.45) is 0. The number of benzene rings is 24. The van der Waals surface area contributed by atoms with E-state index in [2.05, 4.69) is 539 Å². The van der Waals surface area contributed by atoms with Crippen molar-refractivity contribution in [2.45, 2.75) is 19.3 Å². The third kappa shape index (κ3) is 11.8. The summed E-state index contributed by atoms with van der Waals surface area (Å²) >= 11 is 0. The predicted molar refractivity (Wildman–Crippen MR) is 599 cm³/mol. The summed E-state index contributed by atoms with van der Waals surface area (Å²) in [6.45, 7) is 4.74. The second-order valence-corrected chi connectivity index (χ2v) is 38.3. The van der Waals surface area contributed by atoms with Gasteiger partial charge in [-0.05, 0) is 202 Å². The first-order chi connectivity index (χ1) is 69.8. The van der Waals surface area contributed by atoms with Crippen LogP contribution in [0.1, 0.15) is 25.0 Å². The van der Waals surface area contributed by atoms with Crippen LogP contribution < -0.4 is 0 Å². The Balaban J connectivity index is 0.000000101. The number of rotatable bonds is 8. The molecule has 0 bridgehead atoms. The van der Waals surface area contributed by atoms with Gasteiger partial charge in [-0.1, -0.05) is 402 Å². The lowest BCUT2D eigenvalue weighted by molar-refractivity contribution is 0.660. The van der Waals surface area contributed by atoms with Crippen molar-refractivity contribution in [3.8, 4) is 67.5 Å². The fraction of sp³-hybridized carbons (Fsp3) is 0.0222. The average Bonchev–Trinajstić information content (AvgIpc) is 1.53. The summed E-state index contributed by atoms with van der Waals surface area (Å²) < 4.78 is 15.0. The highest BCUT2D eigenvalue weighted by atomic mass is 15.0. The molecule has 6 heteroatoms. The molecule has 0 aliphatic heterocycles. The van der Waals surface area contributed by atoms with Crippen molar-refractivity contribution in [3.63, 3.8) is 0 Å². The standard InChI is InChI=1S/C47H32N2.2C44H28N2/c1-47(2)38-22-12-10-18-33(38)34-26-25-31(28-39(34)47)49-40-23-13-11-21-37(40)44-45(49)36-20-9-8-19-35(36)43-42-32-17-7-6-14-29(32)24-27-41(42)48(46(43)44)30-15-4-3-5-16-30;1-3-14-29(15-4-1)31-17-13-20-33(28-31)46-39-27-26-30-16-7-8-21-34(30)40(39)41-35-22-9-10-23-36(35)43-42(44(41)46)37-24-11-12-25-38(37)45(43)32-18-5-2-6-19-32;1-3-13-29(14-4-1)30-23-26-33(27-24-30)46-39-28-25-31-15-7-8-18-34(31)40(39)41-35-19-9-10-20-36(35)43-42(44(41)46)37-21-11-12-22-38(37)45(43)32-16-5-2-6-17-32/h3-28H,1-2H3;2*1-28H. The SMILES string of the molecule is CC1(C)c2ccccc2-c2ccc(-n3c4ccccc4c4c3c3ccccc3c3c5c6ccccc6ccc5n(-c5ccccc5)c34)cc21.c1ccc(-c2ccc(-n3c4ccc5ccccc5c4c4c5ccccc5c5c(c6ccccc6n5-c5ccccc5)c43)cc2)cc1.c1ccc(-c2cccc(-n3c4ccc5ccccc5c4c4c5ccccc5c5c(c6ccccc6n5-c5ccccc5)c43)c2)cc1. The molecule has 141 heavy (non-hydrogen) atoms. The lowest BCUT2D eigenvalue weighted by atomic mass is 9.82. The second-order valence-electron chi connectivity index (χ2n) is 38.3. The van der Waals surface area contributed by atoms with Gasteiger partial charge in [-0.2, -0.15) is 0 Å². The van der Waals surface area contributed by atoms with Crippen LogP contribution in [0.5, 0.6) is 0 Å². The zero-order valence-electron chi connectivity index (χ0n) is 77.5. The highest BCUT2D eigenvalue weighted by Crippen LogP contribution is 2.56. The molecule has 0 spiro atoms. The fourth-order valence-electron chi connectivity index (χ4n) is 24.7. The molecule has 24 aromatic carbocycles. The fourth-order valence-corrected chi connectivity index (χ4v) is 24.7. The number of hydrogen-bond acceptors (Lipinski definition) is 0. The number of hydrogen-bond donors (Lipinski definition) is 0. The first-order valence-corrected chi connectivity index (χ1v) is 49.0. The van der Waals surface area contributed by atoms with Crippen LogP contribution in [0.3, 0.4) is 0 Å². The molecule has 0 fully saturated rings. The molecule has 0 unspecified atom stereocenters. The van der Waals surface area contributed by atoms with E-state index in [0.717, 1.165) is 17.1 Å². The Morgan fingerprint density at radius 1 is 0.142 bits per heavy atom. The van der Waals surface area contributed by atoms with Crippen molar-refractivity contribution >= 4 is 195 Å². The Kier molecular flexibility index (Phi) is 17.8. The molecule has 30 aromatic rings. The first-order valence-electron chi connectivity index (χ1n) is 49.0. The molecular formula is C135H88N6. The van der Waals surface area contributed by atoms with Gasteiger partial charge < -0.3 is 27.4 Å². The van der Waals surface area contributed by atoms with E-state index < -0.39 is 0 Å². The second kappa shape index (κ2) is 31.3. The minimum absolute atomic E-state index is 0.0865. The van der Waals surface area contributed by atoms with Gasteiger partial charge in [0.25, 0.3) is 0 Å². The lowest BCUT2D eigenvalue weighted by Gasteiger charge is -2.22. The van der Waals surface area contributed by atoms with Gasteiger partial charge in [-0.3, -0.25) is 0 Å². The maximum atomic E-state index is 2.54. The van der Waals surface area contributed by atoms with Crippen LogP contribution in [-0.2, 0) is 5.41 Å². The normalized spacial score (nSPS) is 12.5. The minimum Gasteiger partial charge on any atom is -0.309 e. The largest absolute Gasteiger partial charge is 0.309 e. The van der Waals surface area contributed by atoms with Gasteiger partial charge in [0.15, 0.2) is 0 Å². The summed E-state index contributed by atoms with van der Waals surface area (Å²) in [5, 5.41) is 30.7. The quantitative estimate of drug-likeness (QED) is 0.145. The summed E-state index contributed by atoms with van der Waals surface area (Å²) in [5.41, 5.74) is 32.0. The molecule has 0 amide bonds. The number of fused-ring (bicyclic) bond motifs is 39. The van der Waals surface area contributed by atoms with E-state index in [4.69, 9.17) is 0 Å². The van der Waals surface area contributed by atoms with Gasteiger partial charge in [0, 0.05) is 120 Å². The van der Waals surface area contributed by atoms with Gasteiger partial charge in [-0.15, -0.1) is 0 Å². The number of aromatic nitrogens is 6. The summed E-state index contributed by atoms with van der Waals surface area (Å²) in [5.74, 6) is 0. The van der Waals surface area contributed by atoms with Crippen LogP contribution in [0.25, 0.3) is 263 Å². The third-order valence-electron chi connectivity index (χ3n) is 30.6. The molecule has 0 radical (unpaired) electrons. The highest BCUT2D eigenvalue weighted by molar-refractivity contribution is 6.43. The van der Waals surface area contributed by atoms with Crippen LogP contribution >= 0.6 is 0 Å². The molecule has 658 valence electrons. The Morgan fingerprint density at radius 3 is 0.823 bits per heavy atom. The third-order valence-corrected chi connectivity index (χ3v) is 30.6. The van der Waals surface area contributed by atoms with E-state index in [-0.39, 0.29) is 5.41 Å². The maximum Gasteiger partial charge on any atom is 0.0648 e. The molecule has 6 heterocycles. The van der Waals surface area contributed by atoms with Crippen molar-refractivity contribution in [1.29, 1.82) is 0 Å². The summed E-state index contributed by atoms with van der Waals surface area (Å²) in [4.78, 5) is 0. The molecular weight excluding hydrogens is 1710 g/mol. The molecule has 0 saturated carbocycles. The highest BCUT2D eigenvalue weighted by Gasteiger charge is 2.37. The molecule has 0 N–H and O–H groups in total. The zero-order valence-corrected chi connectivity index (χ0v) is 77.5. The summed E-state index contributed by atoms with van der Waals surface area (Å²) in [7, 11) is 0. The Hall–Kier alpha value is -18.4. The number of para-hydroxylation sites is 6. The van der Waals surface area contributed by atoms with E-state index in [1.807, 2.05) is 0 Å². The smallest absolute Gasteiger partial charge is 0.0648 e. The van der Waals surface area contributed by atoms with Crippen molar-refractivity contribution in [2.24, 2.45) is 0 Å². The van der Waals surface area contributed by atoms with Gasteiger partial charge in [0.2, 0.25) is 0 Å². The predicted octanol–water partition coefficient (Wildman–Crippen LogP) is 36.2.